The molecule has 0 spiro atoms. The lowest BCUT2D eigenvalue weighted by Crippen LogP contribution is -2.36. The molecule has 0 aliphatic heterocycles. The van der Waals surface area contributed by atoms with E-state index in [9.17, 15) is 9.18 Å². The average Bonchev–Trinajstić information content (AvgIpc) is 2.54. The highest BCUT2D eigenvalue weighted by Gasteiger charge is 2.13. The maximum Gasteiger partial charge on any atom is 0.260 e. The van der Waals surface area contributed by atoms with Crippen LogP contribution >= 0.6 is 0 Å². The zero-order valence-electron chi connectivity index (χ0n) is 12.6. The molecule has 1 amide bonds. The second kappa shape index (κ2) is 8.17. The molecule has 0 fully saturated rings. The van der Waals surface area contributed by atoms with E-state index in [1.165, 1.54) is 29.8 Å². The molecule has 2 rings (SSSR count). The third-order valence-corrected chi connectivity index (χ3v) is 3.28. The fraction of sp³-hybridized carbons (Fsp3) is 0.278. The van der Waals surface area contributed by atoms with Crippen molar-refractivity contribution in [1.82, 2.24) is 5.32 Å². The molecule has 1 N–H and O–H groups in total. The number of ether oxygens (including phenoxy) is 1. The van der Waals surface area contributed by atoms with Gasteiger partial charge < -0.3 is 10.1 Å². The number of halogens is 1. The van der Waals surface area contributed by atoms with Crippen molar-refractivity contribution in [2.24, 2.45) is 0 Å². The number of hydrogen-bond acceptors (Lipinski definition) is 2. The molecule has 0 aliphatic rings. The van der Waals surface area contributed by atoms with E-state index < -0.39 is 6.10 Å². The third kappa shape index (κ3) is 5.20. The van der Waals surface area contributed by atoms with Crippen LogP contribution in [0, 0.1) is 5.82 Å². The number of carbonyl (C=O) groups is 1. The minimum Gasteiger partial charge on any atom is -0.481 e. The van der Waals surface area contributed by atoms with E-state index in [1.54, 1.807) is 6.92 Å². The Morgan fingerprint density at radius 1 is 1.14 bits per heavy atom. The number of hydrogen-bond donors (Lipinski definition) is 1. The molecular formula is C18H20FNO2. The Morgan fingerprint density at radius 3 is 2.50 bits per heavy atom. The zero-order chi connectivity index (χ0) is 15.8. The summed E-state index contributed by atoms with van der Waals surface area (Å²) in [4.78, 5) is 11.9. The fourth-order valence-electron chi connectivity index (χ4n) is 2.06. The summed E-state index contributed by atoms with van der Waals surface area (Å²) in [7, 11) is 0. The highest BCUT2D eigenvalue weighted by molar-refractivity contribution is 5.80. The molecular weight excluding hydrogens is 281 g/mol. The molecule has 0 saturated carbocycles. The van der Waals surface area contributed by atoms with Gasteiger partial charge in [0.05, 0.1) is 0 Å². The zero-order valence-corrected chi connectivity index (χ0v) is 12.6. The molecule has 2 aromatic carbocycles. The Hall–Kier alpha value is -2.36. The number of benzene rings is 2. The van der Waals surface area contributed by atoms with Gasteiger partial charge in [0.25, 0.3) is 5.91 Å². The molecule has 2 aromatic rings. The highest BCUT2D eigenvalue weighted by Crippen LogP contribution is 2.13. The minimum atomic E-state index is -0.609. The molecule has 0 aromatic heterocycles. The first-order valence-electron chi connectivity index (χ1n) is 7.39. The summed E-state index contributed by atoms with van der Waals surface area (Å²) in [6.07, 6.45) is 1.19. The summed E-state index contributed by atoms with van der Waals surface area (Å²) in [5.41, 5.74) is 1.26. The standard InChI is InChI=1S/C18H20FNO2/c1-14(22-17-11-9-16(19)10-12-17)18(21)20-13-5-8-15-6-3-2-4-7-15/h2-4,6-7,9-12,14H,5,8,13H2,1H3,(H,20,21). The van der Waals surface area contributed by atoms with Crippen LogP contribution in [-0.4, -0.2) is 18.6 Å². The molecule has 0 aliphatic carbocycles. The number of amides is 1. The van der Waals surface area contributed by atoms with Crippen molar-refractivity contribution in [1.29, 1.82) is 0 Å². The van der Waals surface area contributed by atoms with E-state index in [-0.39, 0.29) is 11.7 Å². The Labute approximate surface area is 130 Å². The molecule has 1 unspecified atom stereocenters. The summed E-state index contributed by atoms with van der Waals surface area (Å²) in [5.74, 6) is -0.0175. The van der Waals surface area contributed by atoms with Crippen molar-refractivity contribution in [2.75, 3.05) is 6.54 Å². The topological polar surface area (TPSA) is 38.3 Å². The monoisotopic (exact) mass is 301 g/mol. The number of nitrogens with one attached hydrogen (secondary N) is 1. The lowest BCUT2D eigenvalue weighted by molar-refractivity contribution is -0.127. The first-order valence-corrected chi connectivity index (χ1v) is 7.39. The predicted octanol–water partition coefficient (Wildman–Crippen LogP) is 3.34. The van der Waals surface area contributed by atoms with Crippen molar-refractivity contribution in [3.8, 4) is 5.75 Å². The molecule has 4 heteroatoms. The average molecular weight is 301 g/mol. The summed E-state index contributed by atoms with van der Waals surface area (Å²) < 4.78 is 18.3. The second-order valence-electron chi connectivity index (χ2n) is 5.09. The van der Waals surface area contributed by atoms with Crippen LogP contribution in [0.3, 0.4) is 0 Å². The molecule has 22 heavy (non-hydrogen) atoms. The van der Waals surface area contributed by atoms with Crippen LogP contribution in [0.15, 0.2) is 54.6 Å². The number of carbonyl (C=O) groups excluding carboxylic acids is 1. The van der Waals surface area contributed by atoms with Gasteiger partial charge in [0.2, 0.25) is 0 Å². The molecule has 3 nitrogen and oxygen atoms in total. The van der Waals surface area contributed by atoms with Gasteiger partial charge in [-0.05, 0) is 49.6 Å². The van der Waals surface area contributed by atoms with Gasteiger partial charge in [-0.25, -0.2) is 4.39 Å². The van der Waals surface area contributed by atoms with E-state index in [2.05, 4.69) is 17.4 Å². The van der Waals surface area contributed by atoms with Gasteiger partial charge in [0.15, 0.2) is 6.10 Å². The van der Waals surface area contributed by atoms with E-state index in [0.717, 1.165) is 12.8 Å². The smallest absolute Gasteiger partial charge is 0.260 e. The summed E-state index contributed by atoms with van der Waals surface area (Å²) in [6.45, 7) is 2.28. The van der Waals surface area contributed by atoms with Crippen LogP contribution in [0.2, 0.25) is 0 Å². The number of rotatable bonds is 7. The van der Waals surface area contributed by atoms with Crippen molar-refractivity contribution < 1.29 is 13.9 Å². The molecule has 0 radical (unpaired) electrons. The summed E-state index contributed by atoms with van der Waals surface area (Å²) in [6, 6.07) is 15.8. The summed E-state index contributed by atoms with van der Waals surface area (Å²) >= 11 is 0. The largest absolute Gasteiger partial charge is 0.481 e. The quantitative estimate of drug-likeness (QED) is 0.797. The molecule has 0 saturated heterocycles. The van der Waals surface area contributed by atoms with Gasteiger partial charge >= 0.3 is 0 Å². The minimum absolute atomic E-state index is 0.169. The van der Waals surface area contributed by atoms with Crippen molar-refractivity contribution in [2.45, 2.75) is 25.9 Å². The maximum atomic E-state index is 12.8. The van der Waals surface area contributed by atoms with E-state index in [0.29, 0.717) is 12.3 Å². The third-order valence-electron chi connectivity index (χ3n) is 3.28. The first-order chi connectivity index (χ1) is 10.6. The summed E-state index contributed by atoms with van der Waals surface area (Å²) in [5, 5.41) is 2.85. The van der Waals surface area contributed by atoms with Gasteiger partial charge in [-0.3, -0.25) is 4.79 Å². The number of aryl methyl sites for hydroxylation is 1. The normalized spacial score (nSPS) is 11.7. The first kappa shape index (κ1) is 16.0. The van der Waals surface area contributed by atoms with E-state index in [4.69, 9.17) is 4.74 Å². The highest BCUT2D eigenvalue weighted by atomic mass is 19.1. The van der Waals surface area contributed by atoms with E-state index >= 15 is 0 Å². The Balaban J connectivity index is 1.69. The van der Waals surface area contributed by atoms with Crippen LogP contribution in [-0.2, 0) is 11.2 Å². The van der Waals surface area contributed by atoms with Gasteiger partial charge in [-0.15, -0.1) is 0 Å². The van der Waals surface area contributed by atoms with Crippen molar-refractivity contribution in [3.63, 3.8) is 0 Å². The van der Waals surface area contributed by atoms with Crippen molar-refractivity contribution in [3.05, 3.63) is 66.0 Å². The van der Waals surface area contributed by atoms with Crippen molar-refractivity contribution >= 4 is 5.91 Å². The predicted molar refractivity (Wildman–Crippen MR) is 84.3 cm³/mol. The van der Waals surface area contributed by atoms with E-state index in [1.807, 2.05) is 18.2 Å². The Kier molecular flexibility index (Phi) is 5.95. The molecule has 0 heterocycles. The van der Waals surface area contributed by atoms with Gasteiger partial charge in [0.1, 0.15) is 11.6 Å². The molecule has 1 atom stereocenters. The van der Waals surface area contributed by atoms with Crippen LogP contribution in [0.1, 0.15) is 18.9 Å². The second-order valence-corrected chi connectivity index (χ2v) is 5.09. The Bertz CT molecular complexity index is 584. The lowest BCUT2D eigenvalue weighted by Gasteiger charge is -2.14. The molecule has 116 valence electrons. The van der Waals surface area contributed by atoms with Gasteiger partial charge in [0, 0.05) is 6.54 Å². The van der Waals surface area contributed by atoms with Crippen LogP contribution < -0.4 is 10.1 Å². The molecule has 0 bridgehead atoms. The van der Waals surface area contributed by atoms with Gasteiger partial charge in [-0.2, -0.15) is 0 Å². The van der Waals surface area contributed by atoms with Crippen LogP contribution in [0.25, 0.3) is 0 Å². The van der Waals surface area contributed by atoms with Gasteiger partial charge in [-0.1, -0.05) is 30.3 Å². The SMILES string of the molecule is CC(Oc1ccc(F)cc1)C(=O)NCCCc1ccccc1. The van der Waals surface area contributed by atoms with Crippen LogP contribution in [0.5, 0.6) is 5.75 Å². The maximum absolute atomic E-state index is 12.8. The lowest BCUT2D eigenvalue weighted by atomic mass is 10.1. The fourth-order valence-corrected chi connectivity index (χ4v) is 2.06. The van der Waals surface area contributed by atoms with Crippen LogP contribution in [0.4, 0.5) is 4.39 Å². The Morgan fingerprint density at radius 2 is 1.82 bits per heavy atom.